The topological polar surface area (TPSA) is 60.1 Å². The lowest BCUT2D eigenvalue weighted by molar-refractivity contribution is 0.266. The van der Waals surface area contributed by atoms with Crippen LogP contribution in [0.5, 0.6) is 11.5 Å². The van der Waals surface area contributed by atoms with Crippen LogP contribution < -0.4 is 9.47 Å². The minimum absolute atomic E-state index is 0.0885. The highest BCUT2D eigenvalue weighted by molar-refractivity contribution is 5.91. The number of allylic oxidation sites excluding steroid dienone is 1. The van der Waals surface area contributed by atoms with Crippen molar-refractivity contribution in [2.24, 2.45) is 7.05 Å². The number of imidazole rings is 1. The molecule has 0 aliphatic heterocycles. The molecule has 0 bridgehead atoms. The van der Waals surface area contributed by atoms with Gasteiger partial charge in [-0.25, -0.2) is 9.37 Å². The maximum absolute atomic E-state index is 13.9. The first kappa shape index (κ1) is 21.1. The van der Waals surface area contributed by atoms with Crippen LogP contribution in [0.3, 0.4) is 0 Å². The Morgan fingerprint density at radius 2 is 1.84 bits per heavy atom. The third kappa shape index (κ3) is 4.33. The first-order valence-corrected chi connectivity index (χ1v) is 10.3. The van der Waals surface area contributed by atoms with Crippen molar-refractivity contribution in [3.63, 3.8) is 0 Å². The lowest BCUT2D eigenvalue weighted by Gasteiger charge is -2.13. The van der Waals surface area contributed by atoms with Gasteiger partial charge in [-0.3, -0.25) is 0 Å². The molecule has 0 saturated carbocycles. The number of aromatic nitrogens is 2. The van der Waals surface area contributed by atoms with Crippen LogP contribution in [0.4, 0.5) is 4.39 Å². The third-order valence-corrected chi connectivity index (χ3v) is 5.07. The summed E-state index contributed by atoms with van der Waals surface area (Å²) in [6.07, 6.45) is 1.77. The molecule has 0 aliphatic rings. The highest BCUT2D eigenvalue weighted by Crippen LogP contribution is 2.31. The van der Waals surface area contributed by atoms with Gasteiger partial charge in [-0.15, -0.1) is 0 Å². The van der Waals surface area contributed by atoms with Crippen LogP contribution in [0.15, 0.2) is 66.7 Å². The Hall–Kier alpha value is -4.11. The second-order valence-electron chi connectivity index (χ2n) is 7.17. The summed E-state index contributed by atoms with van der Waals surface area (Å²) < 4.78 is 27.4. The molecule has 160 valence electrons. The maximum atomic E-state index is 13.9. The zero-order chi connectivity index (χ0) is 22.5. The van der Waals surface area contributed by atoms with E-state index in [0.717, 1.165) is 16.6 Å². The molecule has 0 fully saturated rings. The van der Waals surface area contributed by atoms with Gasteiger partial charge in [-0.1, -0.05) is 36.4 Å². The molecule has 0 aliphatic carbocycles. The summed E-state index contributed by atoms with van der Waals surface area (Å²) in [5, 5.41) is 9.79. The van der Waals surface area contributed by atoms with Crippen LogP contribution in [0.2, 0.25) is 0 Å². The van der Waals surface area contributed by atoms with Crippen molar-refractivity contribution in [1.29, 1.82) is 5.26 Å². The SMILES string of the molecule is CCOc1cc(/C=C(\C#N)c2nc3ccccc3n2C)ccc1OCc1ccccc1F. The van der Waals surface area contributed by atoms with E-state index in [2.05, 4.69) is 11.1 Å². The highest BCUT2D eigenvalue weighted by Gasteiger charge is 2.13. The fraction of sp³-hybridized carbons (Fsp3) is 0.154. The van der Waals surface area contributed by atoms with Crippen molar-refractivity contribution in [3.05, 3.63) is 89.5 Å². The maximum Gasteiger partial charge on any atom is 0.161 e. The average molecular weight is 427 g/mol. The Labute approximate surface area is 186 Å². The van der Waals surface area contributed by atoms with Gasteiger partial charge in [0.05, 0.1) is 23.2 Å². The molecular weight excluding hydrogens is 405 g/mol. The Bertz CT molecular complexity index is 1330. The molecule has 0 spiro atoms. The minimum Gasteiger partial charge on any atom is -0.490 e. The van der Waals surface area contributed by atoms with Crippen molar-refractivity contribution in [2.75, 3.05) is 6.61 Å². The number of para-hydroxylation sites is 2. The molecular formula is C26H22FN3O2. The minimum atomic E-state index is -0.314. The summed E-state index contributed by atoms with van der Waals surface area (Å²) >= 11 is 0. The number of ether oxygens (including phenoxy) is 2. The van der Waals surface area contributed by atoms with E-state index in [1.165, 1.54) is 6.07 Å². The van der Waals surface area contributed by atoms with Gasteiger partial charge in [0, 0.05) is 12.6 Å². The van der Waals surface area contributed by atoms with Crippen LogP contribution in [0.1, 0.15) is 23.9 Å². The second kappa shape index (κ2) is 9.36. The van der Waals surface area contributed by atoms with Gasteiger partial charge in [-0.05, 0) is 48.9 Å². The molecule has 3 aromatic carbocycles. The van der Waals surface area contributed by atoms with E-state index in [0.29, 0.717) is 35.1 Å². The Balaban J connectivity index is 1.64. The van der Waals surface area contributed by atoms with E-state index in [9.17, 15) is 9.65 Å². The number of rotatable bonds is 7. The van der Waals surface area contributed by atoms with E-state index in [1.54, 1.807) is 36.4 Å². The quantitative estimate of drug-likeness (QED) is 0.352. The predicted octanol–water partition coefficient (Wildman–Crippen LogP) is 5.75. The van der Waals surface area contributed by atoms with E-state index >= 15 is 0 Å². The van der Waals surface area contributed by atoms with Crippen molar-refractivity contribution < 1.29 is 13.9 Å². The zero-order valence-electron chi connectivity index (χ0n) is 17.9. The van der Waals surface area contributed by atoms with E-state index < -0.39 is 0 Å². The van der Waals surface area contributed by atoms with Gasteiger partial charge in [0.1, 0.15) is 18.5 Å². The first-order chi connectivity index (χ1) is 15.6. The van der Waals surface area contributed by atoms with Gasteiger partial charge < -0.3 is 14.0 Å². The molecule has 4 rings (SSSR count). The number of hydrogen-bond acceptors (Lipinski definition) is 4. The fourth-order valence-corrected chi connectivity index (χ4v) is 3.47. The number of nitrogens with zero attached hydrogens (tertiary/aromatic N) is 3. The van der Waals surface area contributed by atoms with Gasteiger partial charge in [0.25, 0.3) is 0 Å². The number of hydrogen-bond donors (Lipinski definition) is 0. The Kier molecular flexibility index (Phi) is 6.18. The normalized spacial score (nSPS) is 11.4. The second-order valence-corrected chi connectivity index (χ2v) is 7.17. The molecule has 5 nitrogen and oxygen atoms in total. The zero-order valence-corrected chi connectivity index (χ0v) is 17.9. The van der Waals surface area contributed by atoms with Crippen LogP contribution in [-0.4, -0.2) is 16.2 Å². The number of fused-ring (bicyclic) bond motifs is 1. The lowest BCUT2D eigenvalue weighted by Crippen LogP contribution is -2.01. The number of aryl methyl sites for hydroxylation is 1. The van der Waals surface area contributed by atoms with Crippen LogP contribution in [0.25, 0.3) is 22.7 Å². The standard InChI is InChI=1S/C26H22FN3O2/c1-3-31-25-15-18(12-13-24(25)32-17-19-8-4-5-9-21(19)27)14-20(16-28)26-29-22-10-6-7-11-23(22)30(26)2/h4-15H,3,17H2,1-2H3/b20-14+. The van der Waals surface area contributed by atoms with E-state index in [4.69, 9.17) is 9.47 Å². The van der Waals surface area contributed by atoms with Crippen molar-refractivity contribution in [2.45, 2.75) is 13.5 Å². The van der Waals surface area contributed by atoms with Crippen LogP contribution in [-0.2, 0) is 13.7 Å². The largest absolute Gasteiger partial charge is 0.490 e. The number of benzene rings is 3. The summed E-state index contributed by atoms with van der Waals surface area (Å²) in [4.78, 5) is 4.61. The van der Waals surface area contributed by atoms with Crippen molar-refractivity contribution in [3.8, 4) is 17.6 Å². The van der Waals surface area contributed by atoms with Crippen LogP contribution >= 0.6 is 0 Å². The van der Waals surface area contributed by atoms with Gasteiger partial charge in [-0.2, -0.15) is 5.26 Å². The summed E-state index contributed by atoms with van der Waals surface area (Å²) in [6.45, 7) is 2.41. The monoisotopic (exact) mass is 427 g/mol. The molecule has 1 aromatic heterocycles. The molecule has 0 atom stereocenters. The fourth-order valence-electron chi connectivity index (χ4n) is 3.47. The predicted molar refractivity (Wildman–Crippen MR) is 123 cm³/mol. The average Bonchev–Trinajstić information content (AvgIpc) is 3.14. The molecule has 0 saturated heterocycles. The van der Waals surface area contributed by atoms with E-state index in [1.807, 2.05) is 48.9 Å². The molecule has 1 heterocycles. The molecule has 6 heteroatoms. The highest BCUT2D eigenvalue weighted by atomic mass is 19.1. The summed E-state index contributed by atoms with van der Waals surface area (Å²) in [6, 6.07) is 21.9. The summed E-state index contributed by atoms with van der Waals surface area (Å²) in [5.74, 6) is 1.31. The lowest BCUT2D eigenvalue weighted by atomic mass is 10.1. The summed E-state index contributed by atoms with van der Waals surface area (Å²) in [5.41, 5.74) is 3.46. The molecule has 0 N–H and O–H groups in total. The number of nitriles is 1. The Morgan fingerprint density at radius 3 is 2.59 bits per heavy atom. The molecule has 0 amide bonds. The molecule has 0 radical (unpaired) electrons. The van der Waals surface area contributed by atoms with Crippen LogP contribution in [0, 0.1) is 17.1 Å². The Morgan fingerprint density at radius 1 is 1.06 bits per heavy atom. The summed E-state index contributed by atoms with van der Waals surface area (Å²) in [7, 11) is 1.89. The van der Waals surface area contributed by atoms with Crippen molar-refractivity contribution >= 4 is 22.7 Å². The van der Waals surface area contributed by atoms with Crippen molar-refractivity contribution in [1.82, 2.24) is 9.55 Å². The molecule has 0 unspecified atom stereocenters. The first-order valence-electron chi connectivity index (χ1n) is 10.3. The van der Waals surface area contributed by atoms with Gasteiger partial charge in [0.2, 0.25) is 0 Å². The number of halogens is 1. The van der Waals surface area contributed by atoms with E-state index in [-0.39, 0.29) is 12.4 Å². The van der Waals surface area contributed by atoms with Gasteiger partial charge >= 0.3 is 0 Å². The van der Waals surface area contributed by atoms with Gasteiger partial charge in [0.15, 0.2) is 17.3 Å². The third-order valence-electron chi connectivity index (χ3n) is 5.07. The molecule has 32 heavy (non-hydrogen) atoms. The molecule has 4 aromatic rings. The smallest absolute Gasteiger partial charge is 0.161 e.